The molecule has 164 valence electrons. The third-order valence-corrected chi connectivity index (χ3v) is 7.51. The fourth-order valence-corrected chi connectivity index (χ4v) is 5.78. The van der Waals surface area contributed by atoms with E-state index >= 15 is 0 Å². The second-order valence-electron chi connectivity index (χ2n) is 8.37. The largest absolute Gasteiger partial charge is 0.465 e. The number of anilines is 3. The molecule has 2 aromatic rings. The van der Waals surface area contributed by atoms with Crippen LogP contribution in [0.3, 0.4) is 0 Å². The molecule has 30 heavy (non-hydrogen) atoms. The van der Waals surface area contributed by atoms with E-state index in [-0.39, 0.29) is 11.5 Å². The number of nitrogens with zero attached hydrogens (tertiary/aromatic N) is 2. The molecule has 0 fully saturated rings. The van der Waals surface area contributed by atoms with E-state index in [9.17, 15) is 13.9 Å². The van der Waals surface area contributed by atoms with Gasteiger partial charge in [0.05, 0.1) is 17.1 Å². The third kappa shape index (κ3) is 4.69. The number of carboxylic acid groups (broad SMARTS) is 1. The summed E-state index contributed by atoms with van der Waals surface area (Å²) >= 11 is 3.48. The summed E-state index contributed by atoms with van der Waals surface area (Å²) in [5, 5.41) is 11.7. The van der Waals surface area contributed by atoms with Crippen LogP contribution in [0.15, 0.2) is 53.0 Å². The predicted octanol–water partition coefficient (Wildman–Crippen LogP) is 6.45. The first-order valence-electron chi connectivity index (χ1n) is 9.72. The molecular weight excluding hydrogens is 470 g/mol. The smallest absolute Gasteiger partial charge is 0.404 e. The molecule has 0 aliphatic carbocycles. The lowest BCUT2D eigenvalue weighted by molar-refractivity contribution is 0.171. The maximum absolute atomic E-state index is 11.2. The van der Waals surface area contributed by atoms with Crippen LogP contribution in [-0.2, 0) is 0 Å². The second kappa shape index (κ2) is 8.66. The number of rotatable bonds is 6. The Balaban J connectivity index is 1.86. The van der Waals surface area contributed by atoms with Crippen LogP contribution in [0, 0.1) is 5.41 Å². The van der Waals surface area contributed by atoms with Crippen molar-refractivity contribution < 1.29 is 19.0 Å². The summed E-state index contributed by atoms with van der Waals surface area (Å²) in [7, 11) is -3.30. The summed E-state index contributed by atoms with van der Waals surface area (Å²) in [4.78, 5) is 11.2. The van der Waals surface area contributed by atoms with Crippen molar-refractivity contribution >= 4 is 50.0 Å². The number of hydrogen-bond donors (Lipinski definition) is 4. The number of hydrogen-bond acceptors (Lipinski definition) is 5. The average molecular weight is 498 g/mol. The highest BCUT2D eigenvalue weighted by molar-refractivity contribution is 9.10. The van der Waals surface area contributed by atoms with E-state index in [1.54, 1.807) is 8.61 Å². The summed E-state index contributed by atoms with van der Waals surface area (Å²) in [6.07, 6.45) is 0.119. The van der Waals surface area contributed by atoms with E-state index in [1.807, 2.05) is 69.3 Å². The molecule has 2 aromatic carbocycles. The van der Waals surface area contributed by atoms with Crippen molar-refractivity contribution in [2.75, 3.05) is 15.2 Å². The number of carbonyl (C=O) groups is 1. The van der Waals surface area contributed by atoms with Crippen molar-refractivity contribution in [1.29, 1.82) is 0 Å². The van der Waals surface area contributed by atoms with Crippen LogP contribution >= 0.6 is 26.9 Å². The highest BCUT2D eigenvalue weighted by Crippen LogP contribution is 2.64. The number of benzene rings is 2. The molecule has 1 unspecified atom stereocenters. The van der Waals surface area contributed by atoms with Crippen LogP contribution in [0.25, 0.3) is 0 Å². The summed E-state index contributed by atoms with van der Waals surface area (Å²) in [6, 6.07) is 14.7. The molecule has 1 amide bonds. The number of amides is 1. The van der Waals surface area contributed by atoms with Gasteiger partial charge in [-0.2, -0.15) is 0 Å². The van der Waals surface area contributed by atoms with Crippen molar-refractivity contribution in [1.82, 2.24) is 5.32 Å². The van der Waals surface area contributed by atoms with Crippen molar-refractivity contribution in [3.05, 3.63) is 53.0 Å². The Kier molecular flexibility index (Phi) is 6.57. The van der Waals surface area contributed by atoms with Crippen LogP contribution in [0.2, 0.25) is 0 Å². The lowest BCUT2D eigenvalue weighted by Crippen LogP contribution is -2.43. The third-order valence-electron chi connectivity index (χ3n) is 5.15. The van der Waals surface area contributed by atoms with Gasteiger partial charge < -0.3 is 10.4 Å². The summed E-state index contributed by atoms with van der Waals surface area (Å²) in [6.45, 7) is 6.34. The van der Waals surface area contributed by atoms with Crippen molar-refractivity contribution in [3.63, 3.8) is 0 Å². The normalized spacial score (nSPS) is 17.4. The molecule has 7 nitrogen and oxygen atoms in total. The minimum Gasteiger partial charge on any atom is -0.465 e. The Bertz CT molecular complexity index is 905. The van der Waals surface area contributed by atoms with E-state index in [4.69, 9.17) is 5.11 Å². The highest BCUT2D eigenvalue weighted by Gasteiger charge is 2.41. The first-order valence-corrected chi connectivity index (χ1v) is 12.0. The molecule has 0 saturated carbocycles. The van der Waals surface area contributed by atoms with Crippen molar-refractivity contribution in [2.45, 2.75) is 39.7 Å². The van der Waals surface area contributed by atoms with Gasteiger partial charge in [-0.15, -0.1) is 0 Å². The first-order chi connectivity index (χ1) is 14.0. The summed E-state index contributed by atoms with van der Waals surface area (Å²) < 4.78 is 26.5. The molecule has 0 bridgehead atoms. The standard InChI is InChI=1S/C21H28BrN3O4S/c1-21(2,3)19(23-20(26)27)10-7-13-24-18-14-15(22)11-12-17(18)25(30(24,28)29)16-8-5-4-6-9-16/h4-6,8-9,11-12,14,19,23,28-29H,7,10,13H2,1-3H3,(H,26,27). The van der Waals surface area contributed by atoms with Crippen LogP contribution < -0.4 is 13.9 Å². The highest BCUT2D eigenvalue weighted by atomic mass is 79.9. The Morgan fingerprint density at radius 2 is 1.80 bits per heavy atom. The quantitative estimate of drug-likeness (QED) is 0.366. The number of para-hydroxylation sites is 1. The zero-order valence-electron chi connectivity index (χ0n) is 17.2. The maximum Gasteiger partial charge on any atom is 0.404 e. The molecule has 0 spiro atoms. The predicted molar refractivity (Wildman–Crippen MR) is 127 cm³/mol. The number of nitrogens with one attached hydrogen (secondary N) is 1. The maximum atomic E-state index is 11.2. The van der Waals surface area contributed by atoms with Gasteiger partial charge in [-0.1, -0.05) is 54.9 Å². The Morgan fingerprint density at radius 1 is 1.13 bits per heavy atom. The van der Waals surface area contributed by atoms with Gasteiger partial charge in [-0.05, 0) is 59.6 Å². The lowest BCUT2D eigenvalue weighted by Gasteiger charge is -2.44. The van der Waals surface area contributed by atoms with Gasteiger partial charge in [-0.3, -0.25) is 13.4 Å². The van der Waals surface area contributed by atoms with Crippen LogP contribution in [0.1, 0.15) is 33.6 Å². The molecule has 4 N–H and O–H groups in total. The lowest BCUT2D eigenvalue weighted by atomic mass is 9.84. The van der Waals surface area contributed by atoms with Crippen molar-refractivity contribution in [3.8, 4) is 0 Å². The SMILES string of the molecule is CC(C)(C)C(CCCN1c2cc(Br)ccc2N(c2ccccc2)S1(O)O)NC(=O)O. The fourth-order valence-electron chi connectivity index (χ4n) is 3.63. The minimum absolute atomic E-state index is 0.244. The zero-order valence-corrected chi connectivity index (χ0v) is 19.7. The second-order valence-corrected chi connectivity index (χ2v) is 11.1. The molecule has 0 saturated heterocycles. The molecule has 1 aliphatic heterocycles. The first kappa shape index (κ1) is 22.7. The van der Waals surface area contributed by atoms with E-state index in [2.05, 4.69) is 21.2 Å². The monoisotopic (exact) mass is 497 g/mol. The number of halogens is 1. The number of fused-ring (bicyclic) bond motifs is 1. The van der Waals surface area contributed by atoms with E-state index in [0.717, 1.165) is 15.8 Å². The van der Waals surface area contributed by atoms with E-state index in [1.165, 1.54) is 0 Å². The average Bonchev–Trinajstić information content (AvgIpc) is 2.86. The molecule has 0 aromatic heterocycles. The fraction of sp³-hybridized carbons (Fsp3) is 0.381. The van der Waals surface area contributed by atoms with E-state index in [0.29, 0.717) is 25.1 Å². The minimum atomic E-state index is -3.30. The van der Waals surface area contributed by atoms with Gasteiger partial charge in [0.15, 0.2) is 0 Å². The molecular formula is C21H28BrN3O4S. The Morgan fingerprint density at radius 3 is 2.40 bits per heavy atom. The van der Waals surface area contributed by atoms with Crippen LogP contribution in [0.4, 0.5) is 21.9 Å². The van der Waals surface area contributed by atoms with Gasteiger partial charge in [0.1, 0.15) is 0 Å². The van der Waals surface area contributed by atoms with Crippen LogP contribution in [0.5, 0.6) is 0 Å². The molecule has 1 heterocycles. The van der Waals surface area contributed by atoms with Gasteiger partial charge in [0, 0.05) is 17.1 Å². The molecule has 0 radical (unpaired) electrons. The molecule has 1 atom stereocenters. The van der Waals surface area contributed by atoms with Gasteiger partial charge in [0.25, 0.3) is 0 Å². The Labute approximate surface area is 187 Å². The van der Waals surface area contributed by atoms with Gasteiger partial charge in [-0.25, -0.2) is 9.10 Å². The molecule has 3 rings (SSSR count). The van der Waals surface area contributed by atoms with E-state index < -0.39 is 17.1 Å². The van der Waals surface area contributed by atoms with Gasteiger partial charge in [0.2, 0.25) is 0 Å². The summed E-state index contributed by atoms with van der Waals surface area (Å²) in [5.74, 6) is 0. The molecule has 1 aliphatic rings. The zero-order chi connectivity index (χ0) is 22.1. The van der Waals surface area contributed by atoms with Crippen molar-refractivity contribution in [2.24, 2.45) is 5.41 Å². The molecule has 9 heteroatoms. The summed E-state index contributed by atoms with van der Waals surface area (Å²) in [5.41, 5.74) is 1.90. The Hall–Kier alpha value is -1.94. The van der Waals surface area contributed by atoms with Gasteiger partial charge >= 0.3 is 6.09 Å². The van der Waals surface area contributed by atoms with Crippen LogP contribution in [-0.4, -0.2) is 32.9 Å². The topological polar surface area (TPSA) is 96.3 Å².